The van der Waals surface area contributed by atoms with Crippen LogP contribution >= 0.6 is 0 Å². The lowest BCUT2D eigenvalue weighted by Crippen LogP contribution is -2.23. The van der Waals surface area contributed by atoms with Gasteiger partial charge >= 0.3 is 11.9 Å². The minimum Gasteiger partial charge on any atom is -0.478 e. The molecule has 1 aromatic heterocycles. The highest BCUT2D eigenvalue weighted by molar-refractivity contribution is 6.03. The zero-order valence-corrected chi connectivity index (χ0v) is 34.7. The monoisotopic (exact) mass is 800 g/mol. The summed E-state index contributed by atoms with van der Waals surface area (Å²) in [7, 11) is 0. The van der Waals surface area contributed by atoms with Gasteiger partial charge < -0.3 is 25.0 Å². The van der Waals surface area contributed by atoms with E-state index in [1.807, 2.05) is 78.9 Å². The van der Waals surface area contributed by atoms with E-state index < -0.39 is 18.0 Å². The number of aromatic nitrogens is 2. The lowest BCUT2D eigenvalue weighted by molar-refractivity contribution is -0.154. The molecule has 59 heavy (non-hydrogen) atoms. The van der Waals surface area contributed by atoms with Gasteiger partial charge in [0.05, 0.1) is 23.7 Å². The number of carbonyl (C=O) groups is 3. The molecule has 0 fully saturated rings. The normalized spacial score (nSPS) is 13.8. The van der Waals surface area contributed by atoms with Crippen LogP contribution in [0.4, 0.5) is 0 Å². The second-order valence-corrected chi connectivity index (χ2v) is 15.1. The predicted molar refractivity (Wildman–Crippen MR) is 237 cm³/mol. The number of benzene rings is 3. The predicted octanol–water partition coefficient (Wildman–Crippen LogP) is 11.2. The molecule has 10 heteroatoms. The minimum atomic E-state index is -1.01. The average Bonchev–Trinajstić information content (AvgIpc) is 3.93. The van der Waals surface area contributed by atoms with Crippen LogP contribution in [0.3, 0.4) is 0 Å². The maximum atomic E-state index is 12.6. The Morgan fingerprint density at radius 2 is 1.24 bits per heavy atom. The Bertz CT molecular complexity index is 2010. The van der Waals surface area contributed by atoms with Crippen molar-refractivity contribution in [3.8, 4) is 33.9 Å². The van der Waals surface area contributed by atoms with E-state index >= 15 is 0 Å². The number of oxime groups is 1. The van der Waals surface area contributed by atoms with Gasteiger partial charge in [-0.25, -0.2) is 14.6 Å². The zero-order chi connectivity index (χ0) is 41.7. The van der Waals surface area contributed by atoms with Gasteiger partial charge in [0.1, 0.15) is 5.82 Å². The molecule has 4 aromatic rings. The van der Waals surface area contributed by atoms with Crippen molar-refractivity contribution in [2.45, 2.75) is 116 Å². The third-order valence-corrected chi connectivity index (χ3v) is 10.5. The molecule has 1 unspecified atom stereocenters. The maximum Gasteiger partial charge on any atom is 0.350 e. The van der Waals surface area contributed by atoms with Crippen LogP contribution in [0.1, 0.15) is 127 Å². The number of aromatic amines is 1. The number of ether oxygens (including phenoxy) is 1. The summed E-state index contributed by atoms with van der Waals surface area (Å²) in [5.74, 6) is -0.873. The fraction of sp³-hybridized carbons (Fsp3) is 0.408. The molecule has 0 radical (unpaired) electrons. The summed E-state index contributed by atoms with van der Waals surface area (Å²) in [4.78, 5) is 49.6. The van der Waals surface area contributed by atoms with Crippen molar-refractivity contribution in [3.05, 3.63) is 102 Å². The number of rotatable bonds is 25. The standard InChI is InChI=1S/C49H60N4O6/c1-3-5-6-7-8-9-10-11-12-13-14-15-16-17-34-50-44(54)32-22-36-18-24-39(25-19-36)46-47(40-26-20-37(21-27-40)23-33-45(55)56)52-48(51-46)41-30-28-38(29-31-41)42-35-43(59-53-42)49(57)58-4-2/h18-33,43H,3-17,34-35H2,1-2H3,(H,50,54)(H,51,52)(H,55,56)/b32-22?,33-23+. The van der Waals surface area contributed by atoms with Crippen molar-refractivity contribution < 1.29 is 29.1 Å². The number of nitrogens with zero attached hydrogens (tertiary/aromatic N) is 2. The maximum absolute atomic E-state index is 12.6. The van der Waals surface area contributed by atoms with Crippen molar-refractivity contribution in [1.29, 1.82) is 0 Å². The molecule has 0 spiro atoms. The third-order valence-electron chi connectivity index (χ3n) is 10.5. The smallest absolute Gasteiger partial charge is 0.350 e. The summed E-state index contributed by atoms with van der Waals surface area (Å²) in [6.45, 7) is 4.99. The SMILES string of the molecule is CCCCCCCCCCCCCCCCNC(=O)C=Cc1ccc(-c2[nH]c(-c3ccc(C4=NOC(C(=O)OCC)C4)cc3)nc2-c2ccc(/C=C/C(=O)O)cc2)cc1. The van der Waals surface area contributed by atoms with Crippen molar-refractivity contribution in [3.63, 3.8) is 0 Å². The van der Waals surface area contributed by atoms with Crippen molar-refractivity contribution in [2.75, 3.05) is 13.2 Å². The largest absolute Gasteiger partial charge is 0.478 e. The van der Waals surface area contributed by atoms with E-state index in [-0.39, 0.29) is 12.5 Å². The van der Waals surface area contributed by atoms with Crippen molar-refractivity contribution in [1.82, 2.24) is 15.3 Å². The van der Waals surface area contributed by atoms with Gasteiger partial charge in [0, 0.05) is 41.8 Å². The first-order chi connectivity index (χ1) is 28.8. The number of esters is 1. The van der Waals surface area contributed by atoms with E-state index in [1.54, 1.807) is 19.1 Å². The number of imidazole rings is 1. The molecule has 10 nitrogen and oxygen atoms in total. The van der Waals surface area contributed by atoms with Gasteiger partial charge in [0.25, 0.3) is 0 Å². The molecule has 312 valence electrons. The van der Waals surface area contributed by atoms with Crippen LogP contribution in [0.2, 0.25) is 0 Å². The first-order valence-corrected chi connectivity index (χ1v) is 21.5. The summed E-state index contributed by atoms with van der Waals surface area (Å²) in [5, 5.41) is 16.2. The van der Waals surface area contributed by atoms with Crippen LogP contribution in [0.25, 0.3) is 46.1 Å². The molecule has 0 saturated heterocycles. The fourth-order valence-electron chi connectivity index (χ4n) is 7.10. The number of H-pyrrole nitrogens is 1. The summed E-state index contributed by atoms with van der Waals surface area (Å²) in [6, 6.07) is 23.2. The number of hydrogen-bond acceptors (Lipinski definition) is 7. The molecule has 1 aliphatic rings. The molecule has 2 heterocycles. The lowest BCUT2D eigenvalue weighted by Gasteiger charge is -2.06. The van der Waals surface area contributed by atoms with Crippen LogP contribution in [0.15, 0.2) is 90.1 Å². The highest BCUT2D eigenvalue weighted by atomic mass is 16.7. The van der Waals surface area contributed by atoms with Crippen LogP contribution in [-0.4, -0.2) is 57.9 Å². The van der Waals surface area contributed by atoms with Gasteiger partial charge in [-0.2, -0.15) is 0 Å². The summed E-state index contributed by atoms with van der Waals surface area (Å²) in [6.07, 6.45) is 24.0. The molecular weight excluding hydrogens is 741 g/mol. The van der Waals surface area contributed by atoms with E-state index in [0.29, 0.717) is 24.5 Å². The zero-order valence-electron chi connectivity index (χ0n) is 34.7. The van der Waals surface area contributed by atoms with Gasteiger partial charge in [-0.05, 0) is 42.2 Å². The number of aliphatic carboxylic acids is 1. The molecule has 3 N–H and O–H groups in total. The Kier molecular flexibility index (Phi) is 18.2. The second kappa shape index (κ2) is 24.2. The van der Waals surface area contributed by atoms with E-state index in [0.717, 1.165) is 63.7 Å². The Morgan fingerprint density at radius 1 is 0.712 bits per heavy atom. The third kappa shape index (κ3) is 14.5. The Balaban J connectivity index is 1.15. The second-order valence-electron chi connectivity index (χ2n) is 15.1. The van der Waals surface area contributed by atoms with Crippen molar-refractivity contribution in [2.24, 2.45) is 5.16 Å². The average molecular weight is 801 g/mol. The van der Waals surface area contributed by atoms with Gasteiger partial charge in [-0.15, -0.1) is 0 Å². The van der Waals surface area contributed by atoms with Crippen LogP contribution in [0, 0.1) is 0 Å². The van der Waals surface area contributed by atoms with Crippen LogP contribution in [-0.2, 0) is 24.0 Å². The first kappa shape index (κ1) is 44.3. The van der Waals surface area contributed by atoms with Crippen molar-refractivity contribution >= 4 is 35.7 Å². The fourth-order valence-corrected chi connectivity index (χ4v) is 7.10. The van der Waals surface area contributed by atoms with E-state index in [9.17, 15) is 14.4 Å². The summed E-state index contributed by atoms with van der Waals surface area (Å²) in [5.41, 5.74) is 7.32. The highest BCUT2D eigenvalue weighted by Crippen LogP contribution is 2.34. The number of amides is 1. The molecule has 1 amide bonds. The summed E-state index contributed by atoms with van der Waals surface area (Å²) >= 11 is 0. The minimum absolute atomic E-state index is 0.0942. The molecule has 1 aliphatic heterocycles. The van der Waals surface area contributed by atoms with Gasteiger partial charge in [-0.1, -0.05) is 168 Å². The highest BCUT2D eigenvalue weighted by Gasteiger charge is 2.30. The van der Waals surface area contributed by atoms with E-state index in [4.69, 9.17) is 19.7 Å². The van der Waals surface area contributed by atoms with Crippen LogP contribution < -0.4 is 5.32 Å². The number of carbonyl (C=O) groups excluding carboxylic acids is 2. The van der Waals surface area contributed by atoms with E-state index in [1.165, 1.54) is 77.0 Å². The Hall–Kier alpha value is -5.77. The van der Waals surface area contributed by atoms with Crippen LogP contribution in [0.5, 0.6) is 0 Å². The number of hydrogen-bond donors (Lipinski definition) is 3. The number of unbranched alkanes of at least 4 members (excludes halogenated alkanes) is 13. The van der Waals surface area contributed by atoms with E-state index in [2.05, 4.69) is 22.4 Å². The lowest BCUT2D eigenvalue weighted by atomic mass is 10.0. The Morgan fingerprint density at radius 3 is 1.81 bits per heavy atom. The molecule has 0 aliphatic carbocycles. The quantitative estimate of drug-likeness (QED) is 0.0344. The Labute approximate surface area is 349 Å². The van der Waals surface area contributed by atoms with Gasteiger partial charge in [0.2, 0.25) is 12.0 Å². The first-order valence-electron chi connectivity index (χ1n) is 21.5. The molecule has 1 atom stereocenters. The summed E-state index contributed by atoms with van der Waals surface area (Å²) < 4.78 is 5.08. The van der Waals surface area contributed by atoms with Gasteiger partial charge in [-0.3, -0.25) is 4.79 Å². The number of carboxylic acids is 1. The molecule has 0 bridgehead atoms. The number of nitrogens with one attached hydrogen (secondary N) is 2. The topological polar surface area (TPSA) is 143 Å². The van der Waals surface area contributed by atoms with Gasteiger partial charge in [0.15, 0.2) is 0 Å². The molecule has 3 aromatic carbocycles. The number of carboxylic acid groups (broad SMARTS) is 1. The molecule has 0 saturated carbocycles. The molecular formula is C49H60N4O6. The molecule has 5 rings (SSSR count).